The van der Waals surface area contributed by atoms with Crippen molar-refractivity contribution in [3.63, 3.8) is 0 Å². The highest BCUT2D eigenvalue weighted by molar-refractivity contribution is 6.31. The third-order valence-electron chi connectivity index (χ3n) is 4.43. The molecule has 1 heterocycles. The Morgan fingerprint density at radius 1 is 1.40 bits per heavy atom. The molecule has 2 fully saturated rings. The summed E-state index contributed by atoms with van der Waals surface area (Å²) in [5.41, 5.74) is 0.460. The Kier molecular flexibility index (Phi) is 4.96. The van der Waals surface area contributed by atoms with Crippen molar-refractivity contribution in [3.05, 3.63) is 23.2 Å². The molecule has 0 spiro atoms. The topological polar surface area (TPSA) is 79.0 Å². The quantitative estimate of drug-likeness (QED) is 0.773. The van der Waals surface area contributed by atoms with Crippen molar-refractivity contribution in [2.75, 3.05) is 26.0 Å². The van der Waals surface area contributed by atoms with Crippen molar-refractivity contribution in [1.29, 1.82) is 0 Å². The van der Waals surface area contributed by atoms with Crippen LogP contribution < -0.4 is 10.1 Å². The molecule has 1 aliphatic heterocycles. The Bertz CT molecular complexity index is 720. The van der Waals surface area contributed by atoms with E-state index in [0.29, 0.717) is 16.5 Å². The zero-order valence-electron chi connectivity index (χ0n) is 14.1. The van der Waals surface area contributed by atoms with E-state index in [1.54, 1.807) is 30.1 Å². The number of methoxy groups -OCH3 is 1. The van der Waals surface area contributed by atoms with E-state index in [-0.39, 0.29) is 36.7 Å². The molecule has 1 aromatic rings. The van der Waals surface area contributed by atoms with E-state index in [1.165, 1.54) is 12.0 Å². The normalized spacial score (nSPS) is 20.3. The first-order valence-corrected chi connectivity index (χ1v) is 8.48. The molecule has 1 aromatic carbocycles. The van der Waals surface area contributed by atoms with Crippen molar-refractivity contribution < 1.29 is 19.1 Å². The number of benzene rings is 1. The number of hydrogen-bond donors (Lipinski definition) is 1. The zero-order valence-corrected chi connectivity index (χ0v) is 14.9. The molecule has 1 atom stereocenters. The zero-order chi connectivity index (χ0) is 18.1. The van der Waals surface area contributed by atoms with Gasteiger partial charge in [-0.2, -0.15) is 0 Å². The van der Waals surface area contributed by atoms with Crippen LogP contribution in [0.4, 0.5) is 5.69 Å². The van der Waals surface area contributed by atoms with Gasteiger partial charge in [0.2, 0.25) is 17.7 Å². The molecule has 3 amide bonds. The lowest BCUT2D eigenvalue weighted by Gasteiger charge is -2.22. The minimum Gasteiger partial charge on any atom is -0.495 e. The van der Waals surface area contributed by atoms with Crippen LogP contribution in [-0.2, 0) is 14.4 Å². The van der Waals surface area contributed by atoms with Crippen LogP contribution in [0.25, 0.3) is 0 Å². The SMILES string of the molecule is COc1ccc(Cl)cc1NC(=O)CN(C)[C@H]1CC(=O)N(C2CC2)C1=O. The van der Waals surface area contributed by atoms with Crippen molar-refractivity contribution in [3.8, 4) is 5.75 Å². The first-order chi connectivity index (χ1) is 11.9. The summed E-state index contributed by atoms with van der Waals surface area (Å²) in [5, 5.41) is 3.20. The van der Waals surface area contributed by atoms with Gasteiger partial charge in [-0.1, -0.05) is 11.6 Å². The van der Waals surface area contributed by atoms with Gasteiger partial charge in [0.05, 0.1) is 31.8 Å². The van der Waals surface area contributed by atoms with Crippen LogP contribution in [0.2, 0.25) is 5.02 Å². The molecule has 3 rings (SSSR count). The highest BCUT2D eigenvalue weighted by Gasteiger charge is 2.47. The van der Waals surface area contributed by atoms with E-state index < -0.39 is 6.04 Å². The predicted octanol–water partition coefficient (Wildman–Crippen LogP) is 1.51. The first-order valence-electron chi connectivity index (χ1n) is 8.10. The lowest BCUT2D eigenvalue weighted by Crippen LogP contribution is -2.43. The summed E-state index contributed by atoms with van der Waals surface area (Å²) in [7, 11) is 3.17. The Hall–Kier alpha value is -2.12. The fourth-order valence-corrected chi connectivity index (χ4v) is 3.17. The maximum atomic E-state index is 12.4. The summed E-state index contributed by atoms with van der Waals surface area (Å²) in [4.78, 5) is 39.7. The van der Waals surface area contributed by atoms with Crippen LogP contribution >= 0.6 is 11.6 Å². The molecule has 2 aliphatic rings. The van der Waals surface area contributed by atoms with Crippen LogP contribution in [0.3, 0.4) is 0 Å². The number of ether oxygens (including phenoxy) is 1. The average Bonchev–Trinajstić information content (AvgIpc) is 3.33. The summed E-state index contributed by atoms with van der Waals surface area (Å²) in [6.07, 6.45) is 1.88. The monoisotopic (exact) mass is 365 g/mol. The van der Waals surface area contributed by atoms with Gasteiger partial charge in [-0.25, -0.2) is 0 Å². The van der Waals surface area contributed by atoms with Gasteiger partial charge < -0.3 is 10.1 Å². The van der Waals surface area contributed by atoms with Gasteiger partial charge in [0.15, 0.2) is 0 Å². The van der Waals surface area contributed by atoms with E-state index in [9.17, 15) is 14.4 Å². The fraction of sp³-hybridized carbons (Fsp3) is 0.471. The molecule has 0 aromatic heterocycles. The van der Waals surface area contributed by atoms with Gasteiger partial charge in [-0.15, -0.1) is 0 Å². The van der Waals surface area contributed by atoms with Gasteiger partial charge in [-0.05, 0) is 38.1 Å². The largest absolute Gasteiger partial charge is 0.495 e. The predicted molar refractivity (Wildman–Crippen MR) is 92.5 cm³/mol. The van der Waals surface area contributed by atoms with Crippen LogP contribution in [0, 0.1) is 0 Å². The number of imide groups is 1. The molecule has 1 aliphatic carbocycles. The number of nitrogens with zero attached hydrogens (tertiary/aromatic N) is 2. The standard InChI is InChI=1S/C17H20ClN3O4/c1-20(13-8-16(23)21(17(13)24)11-4-5-11)9-15(22)19-12-7-10(18)3-6-14(12)25-2/h3,6-7,11,13H,4-5,8-9H2,1-2H3,(H,19,22)/t13-/m0/s1. The van der Waals surface area contributed by atoms with Crippen molar-refractivity contribution in [1.82, 2.24) is 9.80 Å². The van der Waals surface area contributed by atoms with Gasteiger partial charge in [0, 0.05) is 11.1 Å². The van der Waals surface area contributed by atoms with Crippen molar-refractivity contribution in [2.24, 2.45) is 0 Å². The molecule has 134 valence electrons. The van der Waals surface area contributed by atoms with E-state index in [1.807, 2.05) is 0 Å². The lowest BCUT2D eigenvalue weighted by molar-refractivity contribution is -0.140. The highest BCUT2D eigenvalue weighted by Crippen LogP contribution is 2.32. The van der Waals surface area contributed by atoms with Gasteiger partial charge in [0.1, 0.15) is 5.75 Å². The van der Waals surface area contributed by atoms with Gasteiger partial charge >= 0.3 is 0 Å². The lowest BCUT2D eigenvalue weighted by atomic mass is 10.2. The van der Waals surface area contributed by atoms with E-state index in [2.05, 4.69) is 5.32 Å². The van der Waals surface area contributed by atoms with Crippen LogP contribution in [-0.4, -0.2) is 60.3 Å². The summed E-state index contributed by atoms with van der Waals surface area (Å²) in [5.74, 6) is -0.176. The van der Waals surface area contributed by atoms with E-state index in [4.69, 9.17) is 16.3 Å². The number of carbonyl (C=O) groups excluding carboxylic acids is 3. The third-order valence-corrected chi connectivity index (χ3v) is 4.67. The molecule has 0 unspecified atom stereocenters. The number of likely N-dealkylation sites (tertiary alicyclic amines) is 1. The number of amides is 3. The van der Waals surface area contributed by atoms with Crippen molar-refractivity contribution in [2.45, 2.75) is 31.3 Å². The van der Waals surface area contributed by atoms with Gasteiger partial charge in [0.25, 0.3) is 0 Å². The van der Waals surface area contributed by atoms with Crippen LogP contribution in [0.5, 0.6) is 5.75 Å². The smallest absolute Gasteiger partial charge is 0.247 e. The Morgan fingerprint density at radius 2 is 2.12 bits per heavy atom. The highest BCUT2D eigenvalue weighted by atomic mass is 35.5. The minimum absolute atomic E-state index is 0.0160. The summed E-state index contributed by atoms with van der Waals surface area (Å²) in [6, 6.07) is 4.39. The van der Waals surface area contributed by atoms with Crippen molar-refractivity contribution >= 4 is 35.0 Å². The number of anilines is 1. The number of nitrogens with one attached hydrogen (secondary N) is 1. The fourth-order valence-electron chi connectivity index (χ4n) is 3.00. The number of rotatable bonds is 6. The maximum Gasteiger partial charge on any atom is 0.247 e. The Labute approximate surface area is 150 Å². The number of likely N-dealkylation sites (N-methyl/N-ethyl adjacent to an activating group) is 1. The molecule has 1 saturated carbocycles. The summed E-state index contributed by atoms with van der Waals surface area (Å²) >= 11 is 5.95. The second kappa shape index (κ2) is 7.01. The molecule has 1 saturated heterocycles. The molecule has 0 radical (unpaired) electrons. The number of halogens is 1. The molecular formula is C17H20ClN3O4. The second-order valence-corrected chi connectivity index (χ2v) is 6.80. The first kappa shape index (κ1) is 17.7. The number of carbonyl (C=O) groups is 3. The molecule has 8 heteroatoms. The van der Waals surface area contributed by atoms with Crippen LogP contribution in [0.15, 0.2) is 18.2 Å². The molecule has 25 heavy (non-hydrogen) atoms. The Balaban J connectivity index is 1.62. The Morgan fingerprint density at radius 3 is 2.76 bits per heavy atom. The molecule has 1 N–H and O–H groups in total. The minimum atomic E-state index is -0.583. The molecule has 7 nitrogen and oxygen atoms in total. The molecule has 0 bridgehead atoms. The summed E-state index contributed by atoms with van der Waals surface area (Å²) < 4.78 is 5.19. The summed E-state index contributed by atoms with van der Waals surface area (Å²) in [6.45, 7) is -0.0160. The number of hydrogen-bond acceptors (Lipinski definition) is 5. The van der Waals surface area contributed by atoms with Crippen LogP contribution in [0.1, 0.15) is 19.3 Å². The third kappa shape index (κ3) is 3.77. The maximum absolute atomic E-state index is 12.4. The average molecular weight is 366 g/mol. The van der Waals surface area contributed by atoms with E-state index >= 15 is 0 Å². The second-order valence-electron chi connectivity index (χ2n) is 6.36. The van der Waals surface area contributed by atoms with E-state index in [0.717, 1.165) is 12.8 Å². The molecular weight excluding hydrogens is 346 g/mol. The van der Waals surface area contributed by atoms with Gasteiger partial charge in [-0.3, -0.25) is 24.2 Å².